The molecule has 0 aromatic heterocycles. The lowest BCUT2D eigenvalue weighted by atomic mass is 10.2. The molecule has 0 bridgehead atoms. The lowest BCUT2D eigenvalue weighted by Gasteiger charge is -2.14. The van der Waals surface area contributed by atoms with E-state index < -0.39 is 0 Å². The number of likely N-dealkylation sites (N-methyl/N-ethyl adjacent to an activating group) is 1. The maximum Gasteiger partial charge on any atom is 0.119 e. The molecule has 0 aliphatic carbocycles. The number of nitrogens with one attached hydrogen (secondary N) is 1. The summed E-state index contributed by atoms with van der Waals surface area (Å²) < 4.78 is 17.2. The van der Waals surface area contributed by atoms with Crippen molar-refractivity contribution in [3.05, 3.63) is 24.3 Å². The average molecular weight is 279 g/mol. The van der Waals surface area contributed by atoms with E-state index in [4.69, 9.17) is 14.2 Å². The van der Waals surface area contributed by atoms with Crippen molar-refractivity contribution < 1.29 is 14.2 Å². The van der Waals surface area contributed by atoms with Crippen LogP contribution in [0, 0.1) is 0 Å². The molecule has 1 fully saturated rings. The summed E-state index contributed by atoms with van der Waals surface area (Å²) in [5, 5.41) is 3.15. The Hall–Kier alpha value is -1.26. The van der Waals surface area contributed by atoms with Crippen LogP contribution < -0.4 is 14.8 Å². The fourth-order valence-electron chi connectivity index (χ4n) is 2.32. The Morgan fingerprint density at radius 2 is 1.75 bits per heavy atom. The van der Waals surface area contributed by atoms with Crippen LogP contribution in [0.25, 0.3) is 0 Å². The topological polar surface area (TPSA) is 39.7 Å². The molecule has 0 saturated carbocycles. The Morgan fingerprint density at radius 1 is 1.10 bits per heavy atom. The van der Waals surface area contributed by atoms with E-state index in [1.807, 2.05) is 31.3 Å². The molecule has 4 nitrogen and oxygen atoms in total. The molecule has 0 spiro atoms. The van der Waals surface area contributed by atoms with Crippen LogP contribution in [-0.2, 0) is 4.74 Å². The molecule has 1 saturated heterocycles. The number of hydrogen-bond acceptors (Lipinski definition) is 4. The highest BCUT2D eigenvalue weighted by atomic mass is 16.5. The molecule has 2 unspecified atom stereocenters. The molecule has 20 heavy (non-hydrogen) atoms. The first-order valence-electron chi connectivity index (χ1n) is 7.47. The highest BCUT2D eigenvalue weighted by Gasteiger charge is 2.24. The Labute approximate surface area is 121 Å². The zero-order valence-electron chi connectivity index (χ0n) is 12.4. The van der Waals surface area contributed by atoms with Gasteiger partial charge in [0.2, 0.25) is 0 Å². The molecule has 2 rings (SSSR count). The zero-order chi connectivity index (χ0) is 14.2. The van der Waals surface area contributed by atoms with E-state index in [1.165, 1.54) is 0 Å². The van der Waals surface area contributed by atoms with Crippen LogP contribution >= 0.6 is 0 Å². The minimum absolute atomic E-state index is 0.212. The van der Waals surface area contributed by atoms with E-state index in [9.17, 15) is 0 Å². The minimum atomic E-state index is 0.212. The Balaban J connectivity index is 1.71. The van der Waals surface area contributed by atoms with Gasteiger partial charge in [0.05, 0.1) is 18.8 Å². The first kappa shape index (κ1) is 15.1. The third kappa shape index (κ3) is 4.69. The van der Waals surface area contributed by atoms with Gasteiger partial charge in [0.25, 0.3) is 0 Å². The maximum atomic E-state index is 5.89. The van der Waals surface area contributed by atoms with Gasteiger partial charge < -0.3 is 19.5 Å². The summed E-state index contributed by atoms with van der Waals surface area (Å²) in [6, 6.07) is 7.80. The molecule has 0 radical (unpaired) electrons. The summed E-state index contributed by atoms with van der Waals surface area (Å²) in [6.45, 7) is 4.39. The lowest BCUT2D eigenvalue weighted by molar-refractivity contribution is 0.0193. The molecular formula is C16H25NO3. The second-order valence-corrected chi connectivity index (χ2v) is 5.15. The normalized spacial score (nSPS) is 21.9. The second-order valence-electron chi connectivity index (χ2n) is 5.15. The van der Waals surface area contributed by atoms with Gasteiger partial charge in [-0.2, -0.15) is 0 Å². The van der Waals surface area contributed by atoms with Crippen molar-refractivity contribution in [2.45, 2.75) is 38.4 Å². The Bertz CT molecular complexity index is 380. The minimum Gasteiger partial charge on any atom is -0.494 e. The van der Waals surface area contributed by atoms with Gasteiger partial charge in [0.1, 0.15) is 18.1 Å². The van der Waals surface area contributed by atoms with E-state index >= 15 is 0 Å². The Morgan fingerprint density at radius 3 is 2.40 bits per heavy atom. The van der Waals surface area contributed by atoms with Gasteiger partial charge in [0, 0.05) is 6.54 Å². The summed E-state index contributed by atoms with van der Waals surface area (Å²) in [4.78, 5) is 0. The first-order valence-corrected chi connectivity index (χ1v) is 7.47. The SMILES string of the molecule is CCCOc1ccc(OCC2CCC(CNC)O2)cc1. The van der Waals surface area contributed by atoms with Crippen molar-refractivity contribution in [3.63, 3.8) is 0 Å². The van der Waals surface area contributed by atoms with E-state index in [1.54, 1.807) is 0 Å². The van der Waals surface area contributed by atoms with E-state index in [0.29, 0.717) is 12.7 Å². The van der Waals surface area contributed by atoms with E-state index in [2.05, 4.69) is 12.2 Å². The number of benzene rings is 1. The van der Waals surface area contributed by atoms with Crippen LogP contribution in [0.5, 0.6) is 11.5 Å². The third-order valence-electron chi connectivity index (χ3n) is 3.36. The van der Waals surface area contributed by atoms with Crippen molar-refractivity contribution in [2.24, 2.45) is 0 Å². The standard InChI is InChI=1S/C16H25NO3/c1-3-10-18-13-4-6-14(7-5-13)19-12-16-9-8-15(20-16)11-17-2/h4-7,15-17H,3,8-12H2,1-2H3. The van der Waals surface area contributed by atoms with Gasteiger partial charge in [-0.3, -0.25) is 0 Å². The molecule has 112 valence electrons. The van der Waals surface area contributed by atoms with Crippen LogP contribution in [0.3, 0.4) is 0 Å². The van der Waals surface area contributed by atoms with Crippen molar-refractivity contribution in [1.82, 2.24) is 5.32 Å². The quantitative estimate of drug-likeness (QED) is 0.794. The average Bonchev–Trinajstić information content (AvgIpc) is 2.92. The molecular weight excluding hydrogens is 254 g/mol. The molecule has 1 heterocycles. The van der Waals surface area contributed by atoms with Gasteiger partial charge in [-0.25, -0.2) is 0 Å². The van der Waals surface area contributed by atoms with Crippen LogP contribution in [0.15, 0.2) is 24.3 Å². The fraction of sp³-hybridized carbons (Fsp3) is 0.625. The molecule has 2 atom stereocenters. The van der Waals surface area contributed by atoms with Gasteiger partial charge in [-0.15, -0.1) is 0 Å². The Kier molecular flexibility index (Phi) is 6.15. The molecule has 1 N–H and O–H groups in total. The lowest BCUT2D eigenvalue weighted by Crippen LogP contribution is -2.25. The van der Waals surface area contributed by atoms with Crippen LogP contribution in [-0.4, -0.2) is 39.0 Å². The maximum absolute atomic E-state index is 5.89. The van der Waals surface area contributed by atoms with Gasteiger partial charge in [-0.1, -0.05) is 6.92 Å². The summed E-state index contributed by atoms with van der Waals surface area (Å²) in [7, 11) is 1.95. The second kappa shape index (κ2) is 8.12. The molecule has 0 amide bonds. The number of ether oxygens (including phenoxy) is 3. The van der Waals surface area contributed by atoms with Crippen LogP contribution in [0.4, 0.5) is 0 Å². The first-order chi connectivity index (χ1) is 9.81. The zero-order valence-corrected chi connectivity index (χ0v) is 12.4. The van der Waals surface area contributed by atoms with Crippen molar-refractivity contribution in [3.8, 4) is 11.5 Å². The van der Waals surface area contributed by atoms with Crippen LogP contribution in [0.2, 0.25) is 0 Å². The monoisotopic (exact) mass is 279 g/mol. The van der Waals surface area contributed by atoms with Gasteiger partial charge >= 0.3 is 0 Å². The smallest absolute Gasteiger partial charge is 0.119 e. The highest BCUT2D eigenvalue weighted by molar-refractivity contribution is 5.31. The van der Waals surface area contributed by atoms with E-state index in [0.717, 1.165) is 43.9 Å². The molecule has 1 aromatic rings. The van der Waals surface area contributed by atoms with Crippen molar-refractivity contribution >= 4 is 0 Å². The predicted octanol–water partition coefficient (Wildman–Crippen LogP) is 2.62. The summed E-state index contributed by atoms with van der Waals surface area (Å²) in [5.41, 5.74) is 0. The predicted molar refractivity (Wildman–Crippen MR) is 79.5 cm³/mol. The van der Waals surface area contributed by atoms with Crippen LogP contribution in [0.1, 0.15) is 26.2 Å². The largest absolute Gasteiger partial charge is 0.494 e. The van der Waals surface area contributed by atoms with Gasteiger partial charge in [0.15, 0.2) is 0 Å². The van der Waals surface area contributed by atoms with Crippen molar-refractivity contribution in [2.75, 3.05) is 26.8 Å². The van der Waals surface area contributed by atoms with E-state index in [-0.39, 0.29) is 6.10 Å². The molecule has 4 heteroatoms. The molecule has 1 aromatic carbocycles. The molecule has 1 aliphatic heterocycles. The summed E-state index contributed by atoms with van der Waals surface area (Å²) in [6.07, 6.45) is 3.75. The number of rotatable bonds is 8. The summed E-state index contributed by atoms with van der Waals surface area (Å²) >= 11 is 0. The summed E-state index contributed by atoms with van der Waals surface area (Å²) in [5.74, 6) is 1.76. The molecule has 1 aliphatic rings. The number of hydrogen-bond donors (Lipinski definition) is 1. The van der Waals surface area contributed by atoms with Crippen molar-refractivity contribution in [1.29, 1.82) is 0 Å². The third-order valence-corrected chi connectivity index (χ3v) is 3.36. The van der Waals surface area contributed by atoms with Gasteiger partial charge in [-0.05, 0) is 50.6 Å². The fourth-order valence-corrected chi connectivity index (χ4v) is 2.32. The highest BCUT2D eigenvalue weighted by Crippen LogP contribution is 2.22.